The lowest BCUT2D eigenvalue weighted by Gasteiger charge is -2.05. The number of aliphatic hydroxyl groups excluding tert-OH is 1. The van der Waals surface area contributed by atoms with E-state index in [4.69, 9.17) is 0 Å². The van der Waals surface area contributed by atoms with Crippen molar-refractivity contribution in [3.8, 4) is 0 Å². The Balaban J connectivity index is 2.27. The van der Waals surface area contributed by atoms with Crippen LogP contribution in [0.15, 0.2) is 48.0 Å². The van der Waals surface area contributed by atoms with E-state index in [2.05, 4.69) is 60.0 Å². The lowest BCUT2D eigenvalue weighted by atomic mass is 10.1. The molecular formula is C19H21NO. The lowest BCUT2D eigenvalue weighted by Crippen LogP contribution is -2.00. The molecule has 1 aromatic heterocycles. The Bertz CT molecular complexity index is 824. The van der Waals surface area contributed by atoms with Gasteiger partial charge in [0.05, 0.1) is 6.10 Å². The summed E-state index contributed by atoms with van der Waals surface area (Å²) in [7, 11) is 0. The van der Waals surface area contributed by atoms with Crippen molar-refractivity contribution < 1.29 is 5.11 Å². The van der Waals surface area contributed by atoms with Crippen LogP contribution in [0.4, 0.5) is 0 Å². The first kappa shape index (κ1) is 13.9. The van der Waals surface area contributed by atoms with E-state index >= 15 is 0 Å². The van der Waals surface area contributed by atoms with Gasteiger partial charge in [-0.15, -0.1) is 0 Å². The van der Waals surface area contributed by atoms with E-state index in [1.807, 2.05) is 6.92 Å². The summed E-state index contributed by atoms with van der Waals surface area (Å²) in [5, 5.41) is 12.2. The molecule has 0 saturated heterocycles. The highest BCUT2D eigenvalue weighted by molar-refractivity contribution is 6.08. The molecule has 0 spiro atoms. The van der Waals surface area contributed by atoms with Crippen molar-refractivity contribution in [2.75, 3.05) is 0 Å². The highest BCUT2D eigenvalue weighted by atomic mass is 16.3. The molecule has 0 amide bonds. The summed E-state index contributed by atoms with van der Waals surface area (Å²) in [4.78, 5) is 0. The second kappa shape index (κ2) is 5.38. The van der Waals surface area contributed by atoms with Crippen molar-refractivity contribution in [3.63, 3.8) is 0 Å². The second-order valence-electron chi connectivity index (χ2n) is 5.60. The van der Waals surface area contributed by atoms with Crippen LogP contribution in [0.25, 0.3) is 27.9 Å². The van der Waals surface area contributed by atoms with Gasteiger partial charge in [0.2, 0.25) is 0 Å². The average Bonchev–Trinajstić information content (AvgIpc) is 2.80. The van der Waals surface area contributed by atoms with Crippen molar-refractivity contribution >= 4 is 27.9 Å². The van der Waals surface area contributed by atoms with E-state index in [-0.39, 0.29) is 0 Å². The van der Waals surface area contributed by atoms with Gasteiger partial charge in [0.25, 0.3) is 0 Å². The van der Waals surface area contributed by atoms with Crippen molar-refractivity contribution in [2.24, 2.45) is 0 Å². The molecule has 0 radical (unpaired) electrons. The van der Waals surface area contributed by atoms with Crippen LogP contribution in [0.2, 0.25) is 0 Å². The van der Waals surface area contributed by atoms with Crippen LogP contribution < -0.4 is 0 Å². The Kier molecular flexibility index (Phi) is 3.56. The van der Waals surface area contributed by atoms with Crippen molar-refractivity contribution in [2.45, 2.75) is 33.4 Å². The van der Waals surface area contributed by atoms with E-state index in [1.54, 1.807) is 6.92 Å². The summed E-state index contributed by atoms with van der Waals surface area (Å²) >= 11 is 0. The molecule has 0 aliphatic heterocycles. The maximum absolute atomic E-state index is 9.64. The van der Waals surface area contributed by atoms with Gasteiger partial charge in [-0.2, -0.15) is 0 Å². The number of aliphatic hydroxyl groups is 1. The molecule has 3 rings (SSSR count). The SMILES string of the molecule is CCn1c2ccccc2c2cc(/C=C(/C)C(C)O)ccc21. The zero-order valence-corrected chi connectivity index (χ0v) is 12.8. The summed E-state index contributed by atoms with van der Waals surface area (Å²) < 4.78 is 2.35. The predicted molar refractivity (Wildman–Crippen MR) is 90.4 cm³/mol. The standard InChI is InChI=1S/C19H21NO/c1-4-20-18-8-6-5-7-16(18)17-12-15(9-10-19(17)20)11-13(2)14(3)21/h5-12,14,21H,4H2,1-3H3/b13-11-. The Morgan fingerprint density at radius 3 is 2.57 bits per heavy atom. The van der Waals surface area contributed by atoms with Gasteiger partial charge in [0.15, 0.2) is 0 Å². The Morgan fingerprint density at radius 2 is 1.86 bits per heavy atom. The first-order valence-electron chi connectivity index (χ1n) is 7.49. The van der Waals surface area contributed by atoms with Crippen molar-refractivity contribution in [1.29, 1.82) is 0 Å². The molecule has 108 valence electrons. The van der Waals surface area contributed by atoms with Gasteiger partial charge in [-0.3, -0.25) is 0 Å². The van der Waals surface area contributed by atoms with Gasteiger partial charge in [-0.25, -0.2) is 0 Å². The van der Waals surface area contributed by atoms with Crippen LogP contribution in [0.1, 0.15) is 26.3 Å². The van der Waals surface area contributed by atoms with Crippen molar-refractivity contribution in [1.82, 2.24) is 4.57 Å². The molecule has 0 saturated carbocycles. The number of para-hydroxylation sites is 1. The number of fused-ring (bicyclic) bond motifs is 3. The van der Waals surface area contributed by atoms with E-state index in [0.29, 0.717) is 0 Å². The fourth-order valence-electron chi connectivity index (χ4n) is 2.89. The van der Waals surface area contributed by atoms with E-state index in [9.17, 15) is 5.11 Å². The normalized spacial score (nSPS) is 14.0. The highest BCUT2D eigenvalue weighted by Crippen LogP contribution is 2.30. The first-order chi connectivity index (χ1) is 10.1. The Labute approximate surface area is 125 Å². The molecule has 0 fully saturated rings. The van der Waals surface area contributed by atoms with Crippen molar-refractivity contribution in [3.05, 3.63) is 53.6 Å². The number of aryl methyl sites for hydroxylation is 1. The number of rotatable bonds is 3. The second-order valence-corrected chi connectivity index (χ2v) is 5.60. The molecule has 0 aliphatic rings. The third-order valence-electron chi connectivity index (χ3n) is 4.17. The number of nitrogens with zero attached hydrogens (tertiary/aromatic N) is 1. The van der Waals surface area contributed by atoms with Crippen LogP contribution in [0.5, 0.6) is 0 Å². The number of hydrogen-bond donors (Lipinski definition) is 1. The third kappa shape index (κ3) is 2.36. The molecule has 2 aromatic carbocycles. The largest absolute Gasteiger partial charge is 0.389 e. The molecule has 2 nitrogen and oxygen atoms in total. The quantitative estimate of drug-likeness (QED) is 0.744. The minimum absolute atomic E-state index is 0.405. The van der Waals surface area contributed by atoms with E-state index < -0.39 is 6.10 Å². The molecule has 2 heteroatoms. The predicted octanol–water partition coefficient (Wildman–Crippen LogP) is 4.60. The highest BCUT2D eigenvalue weighted by Gasteiger charge is 2.09. The van der Waals surface area contributed by atoms with E-state index in [1.165, 1.54) is 21.8 Å². The Morgan fingerprint density at radius 1 is 1.14 bits per heavy atom. The molecule has 1 N–H and O–H groups in total. The molecular weight excluding hydrogens is 258 g/mol. The van der Waals surface area contributed by atoms with Gasteiger partial charge in [0, 0.05) is 28.4 Å². The maximum Gasteiger partial charge on any atom is 0.0722 e. The van der Waals surface area contributed by atoms with Gasteiger partial charge < -0.3 is 9.67 Å². The van der Waals surface area contributed by atoms with Gasteiger partial charge in [-0.1, -0.05) is 30.3 Å². The molecule has 0 aliphatic carbocycles. The average molecular weight is 279 g/mol. The summed E-state index contributed by atoms with van der Waals surface area (Å²) in [6.45, 7) is 6.90. The zero-order chi connectivity index (χ0) is 15.0. The minimum atomic E-state index is -0.405. The maximum atomic E-state index is 9.64. The topological polar surface area (TPSA) is 25.2 Å². The van der Waals surface area contributed by atoms with Gasteiger partial charge in [0.1, 0.15) is 0 Å². The Hall–Kier alpha value is -2.06. The van der Waals surface area contributed by atoms with Gasteiger partial charge in [-0.05, 0) is 50.1 Å². The molecule has 1 unspecified atom stereocenters. The fraction of sp³-hybridized carbons (Fsp3) is 0.263. The number of benzene rings is 2. The third-order valence-corrected chi connectivity index (χ3v) is 4.17. The van der Waals surface area contributed by atoms with Crippen LogP contribution >= 0.6 is 0 Å². The van der Waals surface area contributed by atoms with Crippen LogP contribution in [-0.4, -0.2) is 15.8 Å². The summed E-state index contributed by atoms with van der Waals surface area (Å²) in [6.07, 6.45) is 1.65. The lowest BCUT2D eigenvalue weighted by molar-refractivity contribution is 0.232. The molecule has 1 heterocycles. The van der Waals surface area contributed by atoms with Crippen LogP contribution in [0, 0.1) is 0 Å². The smallest absolute Gasteiger partial charge is 0.0722 e. The molecule has 3 aromatic rings. The summed E-state index contributed by atoms with van der Waals surface area (Å²) in [5.74, 6) is 0. The minimum Gasteiger partial charge on any atom is -0.389 e. The summed E-state index contributed by atoms with van der Waals surface area (Å²) in [5.41, 5.74) is 4.67. The molecule has 0 bridgehead atoms. The fourth-order valence-corrected chi connectivity index (χ4v) is 2.89. The van der Waals surface area contributed by atoms with Crippen LogP contribution in [0.3, 0.4) is 0 Å². The first-order valence-corrected chi connectivity index (χ1v) is 7.49. The number of aromatic nitrogens is 1. The number of hydrogen-bond acceptors (Lipinski definition) is 1. The monoisotopic (exact) mass is 279 g/mol. The van der Waals surface area contributed by atoms with Crippen LogP contribution in [-0.2, 0) is 6.54 Å². The molecule has 21 heavy (non-hydrogen) atoms. The van der Waals surface area contributed by atoms with Gasteiger partial charge >= 0.3 is 0 Å². The molecule has 1 atom stereocenters. The van der Waals surface area contributed by atoms with E-state index in [0.717, 1.165) is 17.7 Å². The summed E-state index contributed by atoms with van der Waals surface area (Å²) in [6, 6.07) is 15.1. The zero-order valence-electron chi connectivity index (χ0n) is 12.8.